The van der Waals surface area contributed by atoms with Crippen molar-refractivity contribution in [1.82, 2.24) is 8.61 Å². The van der Waals surface area contributed by atoms with E-state index in [-0.39, 0.29) is 29.5 Å². The molecule has 0 aromatic heterocycles. The minimum absolute atomic E-state index is 0.0446. The van der Waals surface area contributed by atoms with Gasteiger partial charge in [0.25, 0.3) is 0 Å². The van der Waals surface area contributed by atoms with Crippen molar-refractivity contribution in [3.8, 4) is 5.75 Å². The Bertz CT molecular complexity index is 1180. The van der Waals surface area contributed by atoms with E-state index in [1.54, 1.807) is 12.1 Å². The zero-order chi connectivity index (χ0) is 24.2. The molecule has 1 fully saturated rings. The normalized spacial score (nSPS) is 17.3. The van der Waals surface area contributed by atoms with Crippen LogP contribution in [-0.2, 0) is 29.6 Å². The summed E-state index contributed by atoms with van der Waals surface area (Å²) in [4.78, 5) is 12.9. The molecule has 0 bridgehead atoms. The quantitative estimate of drug-likeness (QED) is 0.386. The summed E-state index contributed by atoms with van der Waals surface area (Å²) in [7, 11) is -4.42. The summed E-state index contributed by atoms with van der Waals surface area (Å²) >= 11 is 0. The Kier molecular flexibility index (Phi) is 7.78. The van der Waals surface area contributed by atoms with E-state index in [2.05, 4.69) is 0 Å². The second-order valence-electron chi connectivity index (χ2n) is 7.86. The standard InChI is InChI=1S/C22H28N2O7S2/c1-17-6-10-20(11-7-17)33(28,29)24-14-4-5-21(24)22(25)31-16-15-30-18-8-12-19(13-9-18)32(26,27)23(2)3/h6-13,21H,4-5,14-16H2,1-3H3/t21-/m0/s1. The van der Waals surface area contributed by atoms with Gasteiger partial charge < -0.3 is 9.47 Å². The first-order chi connectivity index (χ1) is 15.5. The van der Waals surface area contributed by atoms with Gasteiger partial charge in [-0.1, -0.05) is 17.7 Å². The lowest BCUT2D eigenvalue weighted by Gasteiger charge is -2.22. The van der Waals surface area contributed by atoms with Crippen LogP contribution >= 0.6 is 0 Å². The molecule has 0 spiro atoms. The van der Waals surface area contributed by atoms with Crippen LogP contribution < -0.4 is 4.74 Å². The van der Waals surface area contributed by atoms with Gasteiger partial charge in [0.05, 0.1) is 9.79 Å². The number of esters is 1. The summed E-state index contributed by atoms with van der Waals surface area (Å²) in [6.07, 6.45) is 0.968. The van der Waals surface area contributed by atoms with Crippen molar-refractivity contribution >= 4 is 26.0 Å². The molecule has 9 nitrogen and oxygen atoms in total. The van der Waals surface area contributed by atoms with Gasteiger partial charge in [-0.15, -0.1) is 0 Å². The average Bonchev–Trinajstić information content (AvgIpc) is 3.28. The minimum atomic E-state index is -3.80. The molecule has 1 aliphatic rings. The Labute approximate surface area is 195 Å². The summed E-state index contributed by atoms with van der Waals surface area (Å²) in [5.41, 5.74) is 0.945. The highest BCUT2D eigenvalue weighted by Gasteiger charge is 2.40. The van der Waals surface area contributed by atoms with Crippen LogP contribution in [0.1, 0.15) is 18.4 Å². The van der Waals surface area contributed by atoms with Crippen LogP contribution in [0.2, 0.25) is 0 Å². The zero-order valence-electron chi connectivity index (χ0n) is 18.8. The number of aryl methyl sites for hydroxylation is 1. The first-order valence-electron chi connectivity index (χ1n) is 10.4. The maximum Gasteiger partial charge on any atom is 0.324 e. The van der Waals surface area contributed by atoms with E-state index in [9.17, 15) is 21.6 Å². The summed E-state index contributed by atoms with van der Waals surface area (Å²) in [6, 6.07) is 11.5. The fourth-order valence-corrected chi connectivity index (χ4v) is 5.97. The van der Waals surface area contributed by atoms with Crippen LogP contribution in [0, 0.1) is 6.92 Å². The molecule has 0 aliphatic carbocycles. The second kappa shape index (κ2) is 10.2. The minimum Gasteiger partial charge on any atom is -0.490 e. The first kappa shape index (κ1) is 25.2. The van der Waals surface area contributed by atoms with Crippen LogP contribution in [-0.4, -0.2) is 71.3 Å². The number of ether oxygens (including phenoxy) is 2. The summed E-state index contributed by atoms with van der Waals surface area (Å²) in [6.45, 7) is 2.11. The number of nitrogens with zero attached hydrogens (tertiary/aromatic N) is 2. The van der Waals surface area contributed by atoms with Crippen LogP contribution in [0.15, 0.2) is 58.3 Å². The molecule has 0 N–H and O–H groups in total. The zero-order valence-corrected chi connectivity index (χ0v) is 20.4. The summed E-state index contributed by atoms with van der Waals surface area (Å²) in [5.74, 6) is -0.188. The van der Waals surface area contributed by atoms with Crippen LogP contribution in [0.5, 0.6) is 5.75 Å². The number of hydrogen-bond donors (Lipinski definition) is 0. The van der Waals surface area contributed by atoms with Crippen molar-refractivity contribution in [2.24, 2.45) is 0 Å². The van der Waals surface area contributed by atoms with Gasteiger partial charge in [0.2, 0.25) is 20.0 Å². The SMILES string of the molecule is Cc1ccc(S(=O)(=O)N2CCC[C@H]2C(=O)OCCOc2ccc(S(=O)(=O)N(C)C)cc2)cc1. The van der Waals surface area contributed by atoms with E-state index in [1.165, 1.54) is 54.8 Å². The fraction of sp³-hybridized carbons (Fsp3) is 0.409. The van der Waals surface area contributed by atoms with Gasteiger partial charge in [-0.05, 0) is 56.2 Å². The fourth-order valence-electron chi connectivity index (χ4n) is 3.43. The molecule has 0 amide bonds. The number of hydrogen-bond acceptors (Lipinski definition) is 7. The van der Waals surface area contributed by atoms with Crippen molar-refractivity contribution in [2.45, 2.75) is 35.6 Å². The van der Waals surface area contributed by atoms with E-state index >= 15 is 0 Å². The van der Waals surface area contributed by atoms with E-state index in [4.69, 9.17) is 9.47 Å². The Morgan fingerprint density at radius 2 is 1.58 bits per heavy atom. The molecular weight excluding hydrogens is 468 g/mol. The number of carbonyl (C=O) groups is 1. The predicted octanol–water partition coefficient (Wildman–Crippen LogP) is 2.02. The smallest absolute Gasteiger partial charge is 0.324 e. The van der Waals surface area contributed by atoms with Crippen molar-refractivity contribution < 1.29 is 31.1 Å². The van der Waals surface area contributed by atoms with Crippen molar-refractivity contribution in [3.05, 3.63) is 54.1 Å². The topological polar surface area (TPSA) is 110 Å². The molecular formula is C22H28N2O7S2. The molecule has 0 saturated carbocycles. The highest BCUT2D eigenvalue weighted by molar-refractivity contribution is 7.89. The maximum absolute atomic E-state index is 13.0. The Morgan fingerprint density at radius 1 is 0.970 bits per heavy atom. The van der Waals surface area contributed by atoms with Crippen molar-refractivity contribution in [1.29, 1.82) is 0 Å². The number of rotatable bonds is 9. The second-order valence-corrected chi connectivity index (χ2v) is 11.9. The molecule has 1 heterocycles. The third-order valence-corrected chi connectivity index (χ3v) is 9.05. The number of benzene rings is 2. The molecule has 33 heavy (non-hydrogen) atoms. The monoisotopic (exact) mass is 496 g/mol. The Balaban J connectivity index is 1.54. The average molecular weight is 497 g/mol. The van der Waals surface area contributed by atoms with Gasteiger partial charge in [-0.3, -0.25) is 4.79 Å². The lowest BCUT2D eigenvalue weighted by atomic mass is 10.2. The largest absolute Gasteiger partial charge is 0.490 e. The van der Waals surface area contributed by atoms with Crippen LogP contribution in [0.4, 0.5) is 0 Å². The molecule has 2 aromatic rings. The molecule has 180 valence electrons. The lowest BCUT2D eigenvalue weighted by molar-refractivity contribution is -0.148. The van der Waals surface area contributed by atoms with Gasteiger partial charge in [0.1, 0.15) is 25.0 Å². The Morgan fingerprint density at radius 3 is 2.18 bits per heavy atom. The van der Waals surface area contributed by atoms with E-state index in [1.807, 2.05) is 6.92 Å². The molecule has 3 rings (SSSR count). The molecule has 2 aromatic carbocycles. The number of carbonyl (C=O) groups excluding carboxylic acids is 1. The third kappa shape index (κ3) is 5.72. The van der Waals surface area contributed by atoms with Gasteiger partial charge >= 0.3 is 5.97 Å². The van der Waals surface area contributed by atoms with Gasteiger partial charge in [-0.2, -0.15) is 4.31 Å². The highest BCUT2D eigenvalue weighted by atomic mass is 32.2. The van der Waals surface area contributed by atoms with Crippen molar-refractivity contribution in [2.75, 3.05) is 33.9 Å². The highest BCUT2D eigenvalue weighted by Crippen LogP contribution is 2.27. The molecule has 1 aliphatic heterocycles. The van der Waals surface area contributed by atoms with Gasteiger partial charge in [-0.25, -0.2) is 21.1 Å². The third-order valence-electron chi connectivity index (χ3n) is 5.30. The summed E-state index contributed by atoms with van der Waals surface area (Å²) < 4.78 is 63.2. The van der Waals surface area contributed by atoms with Crippen LogP contribution in [0.25, 0.3) is 0 Å². The molecule has 0 radical (unpaired) electrons. The molecule has 11 heteroatoms. The van der Waals surface area contributed by atoms with Gasteiger partial charge in [0, 0.05) is 20.6 Å². The molecule has 1 atom stereocenters. The molecule has 0 unspecified atom stereocenters. The lowest BCUT2D eigenvalue weighted by Crippen LogP contribution is -2.41. The predicted molar refractivity (Wildman–Crippen MR) is 122 cm³/mol. The Hall–Kier alpha value is -2.47. The summed E-state index contributed by atoms with van der Waals surface area (Å²) in [5, 5.41) is 0. The maximum atomic E-state index is 13.0. The molecule has 1 saturated heterocycles. The van der Waals surface area contributed by atoms with E-state index < -0.39 is 32.1 Å². The van der Waals surface area contributed by atoms with Gasteiger partial charge in [0.15, 0.2) is 0 Å². The number of sulfonamides is 2. The van der Waals surface area contributed by atoms with Crippen molar-refractivity contribution in [3.63, 3.8) is 0 Å². The van der Waals surface area contributed by atoms with Crippen LogP contribution in [0.3, 0.4) is 0 Å². The first-order valence-corrected chi connectivity index (χ1v) is 13.3. The van der Waals surface area contributed by atoms with E-state index in [0.717, 1.165) is 9.87 Å². The van der Waals surface area contributed by atoms with E-state index in [0.29, 0.717) is 18.6 Å².